The average Bonchev–Trinajstić information content (AvgIpc) is 3.61. The smallest absolute Gasteiger partial charge is 0.228 e. The highest BCUT2D eigenvalue weighted by Crippen LogP contribution is 2.41. The first-order chi connectivity index (χ1) is 18.0. The molecule has 1 fully saturated rings. The molecule has 6 rings (SSSR count). The van der Waals surface area contributed by atoms with Crippen LogP contribution in [0.1, 0.15) is 35.6 Å². The van der Waals surface area contributed by atoms with Gasteiger partial charge in [0.1, 0.15) is 41.1 Å². The summed E-state index contributed by atoms with van der Waals surface area (Å²) >= 11 is 0. The molecule has 2 N–H and O–H groups in total. The van der Waals surface area contributed by atoms with E-state index in [1.165, 1.54) is 12.1 Å². The molecule has 2 aromatic heterocycles. The first kappa shape index (κ1) is 23.1. The van der Waals surface area contributed by atoms with Crippen molar-refractivity contribution in [3.8, 4) is 22.8 Å². The van der Waals surface area contributed by atoms with Crippen LogP contribution in [0.15, 0.2) is 65.8 Å². The van der Waals surface area contributed by atoms with E-state index in [9.17, 15) is 9.18 Å². The lowest BCUT2D eigenvalue weighted by Gasteiger charge is -2.11. The van der Waals surface area contributed by atoms with Crippen LogP contribution in [0.4, 0.5) is 4.39 Å². The third-order valence-corrected chi connectivity index (χ3v) is 6.53. The fraction of sp³-hybridized carbons (Fsp3) is 0.241. The van der Waals surface area contributed by atoms with E-state index in [2.05, 4.69) is 9.98 Å². The summed E-state index contributed by atoms with van der Waals surface area (Å²) in [4.78, 5) is 25.9. The number of halogens is 1. The fourth-order valence-corrected chi connectivity index (χ4v) is 4.50. The maximum Gasteiger partial charge on any atom is 0.228 e. The summed E-state index contributed by atoms with van der Waals surface area (Å²) in [5.41, 5.74) is 10.2. The molecule has 186 valence electrons. The maximum absolute atomic E-state index is 13.5. The predicted octanol–water partition coefficient (Wildman–Crippen LogP) is 4.60. The molecule has 0 saturated heterocycles. The number of ether oxygens (including phenoxy) is 2. The van der Waals surface area contributed by atoms with Gasteiger partial charge in [-0.2, -0.15) is 0 Å². The minimum atomic E-state index is -0.546. The summed E-state index contributed by atoms with van der Waals surface area (Å²) < 4.78 is 25.4. The SMILES string of the molecule is NC(=O)C1COc2c1cc(CCN=Cc1cc(OC3CC3)c3ncccc3c1)nc2-c1ccc(F)cc1. The third-order valence-electron chi connectivity index (χ3n) is 6.53. The number of aliphatic imine (C=N–C) groups is 1. The van der Waals surface area contributed by atoms with Crippen molar-refractivity contribution in [3.63, 3.8) is 0 Å². The number of carbonyl (C=O) groups is 1. The Bertz CT molecular complexity index is 1520. The van der Waals surface area contributed by atoms with Crippen LogP contribution in [0, 0.1) is 5.82 Å². The molecule has 2 aromatic carbocycles. The van der Waals surface area contributed by atoms with Gasteiger partial charge in [0, 0.05) is 47.6 Å². The predicted molar refractivity (Wildman–Crippen MR) is 139 cm³/mol. The number of carbonyl (C=O) groups excluding carboxylic acids is 1. The van der Waals surface area contributed by atoms with Crippen molar-refractivity contribution < 1.29 is 18.7 Å². The van der Waals surface area contributed by atoms with Gasteiger partial charge < -0.3 is 15.2 Å². The second kappa shape index (κ2) is 9.61. The van der Waals surface area contributed by atoms with E-state index in [1.807, 2.05) is 36.5 Å². The highest BCUT2D eigenvalue weighted by atomic mass is 19.1. The molecule has 0 bridgehead atoms. The van der Waals surface area contributed by atoms with Gasteiger partial charge in [0.2, 0.25) is 5.91 Å². The normalized spacial score (nSPS) is 16.6. The Kier molecular flexibility index (Phi) is 6.00. The van der Waals surface area contributed by atoms with Crippen molar-refractivity contribution >= 4 is 23.0 Å². The molecule has 1 amide bonds. The highest BCUT2D eigenvalue weighted by molar-refractivity contribution is 5.92. The number of benzene rings is 2. The molecule has 7 nitrogen and oxygen atoms in total. The Morgan fingerprint density at radius 1 is 1.19 bits per heavy atom. The van der Waals surface area contributed by atoms with E-state index < -0.39 is 11.8 Å². The van der Waals surface area contributed by atoms with Crippen molar-refractivity contribution in [1.82, 2.24) is 9.97 Å². The minimum Gasteiger partial charge on any atom is -0.490 e. The van der Waals surface area contributed by atoms with Crippen molar-refractivity contribution in [2.75, 3.05) is 13.2 Å². The molecule has 8 heteroatoms. The van der Waals surface area contributed by atoms with Gasteiger partial charge >= 0.3 is 0 Å². The Hall–Kier alpha value is -4.33. The van der Waals surface area contributed by atoms with E-state index in [0.717, 1.165) is 40.8 Å². The van der Waals surface area contributed by atoms with Crippen LogP contribution in [-0.4, -0.2) is 41.3 Å². The first-order valence-corrected chi connectivity index (χ1v) is 12.3. The topological polar surface area (TPSA) is 99.7 Å². The first-order valence-electron chi connectivity index (χ1n) is 12.3. The standard InChI is InChI=1S/C29H25FN4O3/c30-20-5-3-18(4-6-20)27-28-23(24(16-36-28)29(31)35)14-21(34-27)9-11-32-15-17-12-19-2-1-10-33-26(19)25(13-17)37-22-7-8-22/h1-6,10,12-15,22,24H,7-9,11,16H2,(H2,31,35). The van der Waals surface area contributed by atoms with Crippen LogP contribution >= 0.6 is 0 Å². The largest absolute Gasteiger partial charge is 0.490 e. The van der Waals surface area contributed by atoms with Crippen LogP contribution in [-0.2, 0) is 11.2 Å². The second-order valence-corrected chi connectivity index (χ2v) is 9.35. The van der Waals surface area contributed by atoms with Gasteiger partial charge in [-0.1, -0.05) is 6.07 Å². The number of nitrogens with two attached hydrogens (primary N) is 1. The molecule has 1 atom stereocenters. The van der Waals surface area contributed by atoms with Crippen molar-refractivity contribution in [1.29, 1.82) is 0 Å². The van der Waals surface area contributed by atoms with Crippen LogP contribution in [0.5, 0.6) is 11.5 Å². The number of hydrogen-bond acceptors (Lipinski definition) is 6. The summed E-state index contributed by atoms with van der Waals surface area (Å²) in [5.74, 6) is -0.0269. The van der Waals surface area contributed by atoms with Crippen LogP contribution in [0.3, 0.4) is 0 Å². The van der Waals surface area contributed by atoms with E-state index in [-0.39, 0.29) is 18.5 Å². The summed E-state index contributed by atoms with van der Waals surface area (Å²) in [6.07, 6.45) is 6.56. The van der Waals surface area contributed by atoms with E-state index in [1.54, 1.807) is 18.3 Å². The van der Waals surface area contributed by atoms with Gasteiger partial charge in [0.25, 0.3) is 0 Å². The molecule has 1 aliphatic carbocycles. The molecule has 37 heavy (non-hydrogen) atoms. The lowest BCUT2D eigenvalue weighted by molar-refractivity contribution is -0.119. The Balaban J connectivity index is 1.25. The number of aromatic nitrogens is 2. The van der Waals surface area contributed by atoms with Crippen LogP contribution < -0.4 is 15.2 Å². The third kappa shape index (κ3) is 4.87. The van der Waals surface area contributed by atoms with E-state index in [4.69, 9.17) is 20.2 Å². The molecule has 1 aliphatic heterocycles. The van der Waals surface area contributed by atoms with Gasteiger partial charge in [-0.3, -0.25) is 14.8 Å². The number of pyridine rings is 2. The van der Waals surface area contributed by atoms with Crippen molar-refractivity contribution in [2.45, 2.75) is 31.3 Å². The van der Waals surface area contributed by atoms with Crippen LogP contribution in [0.25, 0.3) is 22.2 Å². The second-order valence-electron chi connectivity index (χ2n) is 9.35. The fourth-order valence-electron chi connectivity index (χ4n) is 4.50. The highest BCUT2D eigenvalue weighted by Gasteiger charge is 2.32. The summed E-state index contributed by atoms with van der Waals surface area (Å²) in [5, 5.41) is 1.00. The summed E-state index contributed by atoms with van der Waals surface area (Å²) in [7, 11) is 0. The number of rotatable bonds is 8. The zero-order chi connectivity index (χ0) is 25.4. The van der Waals surface area contributed by atoms with Gasteiger partial charge in [0.15, 0.2) is 0 Å². The van der Waals surface area contributed by atoms with Crippen molar-refractivity contribution in [2.24, 2.45) is 10.7 Å². The molecule has 3 heterocycles. The molecular weight excluding hydrogens is 471 g/mol. The quantitative estimate of drug-likeness (QED) is 0.360. The maximum atomic E-state index is 13.5. The molecular formula is C29H25FN4O3. The zero-order valence-corrected chi connectivity index (χ0v) is 20.1. The molecule has 0 radical (unpaired) electrons. The average molecular weight is 497 g/mol. The monoisotopic (exact) mass is 496 g/mol. The molecule has 4 aromatic rings. The van der Waals surface area contributed by atoms with Gasteiger partial charge in [-0.05, 0) is 66.9 Å². The van der Waals surface area contributed by atoms with Gasteiger partial charge in [-0.25, -0.2) is 9.37 Å². The molecule has 1 unspecified atom stereocenters. The van der Waals surface area contributed by atoms with Gasteiger partial charge in [0.05, 0.1) is 6.10 Å². The minimum absolute atomic E-state index is 0.171. The van der Waals surface area contributed by atoms with Crippen molar-refractivity contribution in [3.05, 3.63) is 83.4 Å². The Morgan fingerprint density at radius 3 is 2.81 bits per heavy atom. The summed E-state index contributed by atoms with van der Waals surface area (Å²) in [6, 6.07) is 15.9. The van der Waals surface area contributed by atoms with Gasteiger partial charge in [-0.15, -0.1) is 0 Å². The lowest BCUT2D eigenvalue weighted by Crippen LogP contribution is -2.22. The Morgan fingerprint density at radius 2 is 2.03 bits per heavy atom. The number of nitrogens with zero attached hydrogens (tertiary/aromatic N) is 3. The lowest BCUT2D eigenvalue weighted by atomic mass is 9.97. The number of hydrogen-bond donors (Lipinski definition) is 1. The number of primary amides is 1. The molecule has 0 spiro atoms. The summed E-state index contributed by atoms with van der Waals surface area (Å²) in [6.45, 7) is 0.658. The van der Waals surface area contributed by atoms with E-state index in [0.29, 0.717) is 35.5 Å². The van der Waals surface area contributed by atoms with Crippen LogP contribution in [0.2, 0.25) is 0 Å². The zero-order valence-electron chi connectivity index (χ0n) is 20.1. The molecule has 1 saturated carbocycles. The van der Waals surface area contributed by atoms with E-state index >= 15 is 0 Å². The molecule has 2 aliphatic rings. The number of amides is 1. The Labute approximate surface area is 213 Å². The number of fused-ring (bicyclic) bond motifs is 2.